The largest absolute Gasteiger partial charge is 0.444 e. The van der Waals surface area contributed by atoms with E-state index in [-0.39, 0.29) is 35.9 Å². The molecule has 0 spiro atoms. The Bertz CT molecular complexity index is 1510. The van der Waals surface area contributed by atoms with Gasteiger partial charge in [0.25, 0.3) is 5.56 Å². The smallest absolute Gasteiger partial charge is 0.414 e. The fourth-order valence-electron chi connectivity index (χ4n) is 5.78. The van der Waals surface area contributed by atoms with E-state index >= 15 is 0 Å². The van der Waals surface area contributed by atoms with Crippen LogP contribution in [0.25, 0.3) is 10.9 Å². The number of pyridine rings is 1. The van der Waals surface area contributed by atoms with Crippen molar-refractivity contribution in [2.75, 3.05) is 48.8 Å². The van der Waals surface area contributed by atoms with E-state index in [4.69, 9.17) is 4.74 Å². The van der Waals surface area contributed by atoms with E-state index in [2.05, 4.69) is 10.2 Å². The quantitative estimate of drug-likeness (QED) is 0.420. The highest BCUT2D eigenvalue weighted by atomic mass is 32.2. The van der Waals surface area contributed by atoms with E-state index < -0.39 is 6.09 Å². The molecule has 2 N–H and O–H groups in total. The number of carbonyl (C=O) groups excluding carboxylic acids is 2. The summed E-state index contributed by atoms with van der Waals surface area (Å²) in [5.41, 5.74) is 2.44. The van der Waals surface area contributed by atoms with Crippen LogP contribution in [0.15, 0.2) is 52.2 Å². The Morgan fingerprint density at radius 2 is 1.95 bits per heavy atom. The maximum absolute atomic E-state index is 15.0. The van der Waals surface area contributed by atoms with Gasteiger partial charge in [-0.15, -0.1) is 11.8 Å². The number of aliphatic hydroxyl groups is 1. The third-order valence-corrected chi connectivity index (χ3v) is 8.68. The molecule has 1 fully saturated rings. The number of nitrogens with one attached hydrogen (secondary N) is 1. The molecule has 6 rings (SSSR count). The van der Waals surface area contributed by atoms with Crippen molar-refractivity contribution in [2.24, 2.45) is 0 Å². The van der Waals surface area contributed by atoms with Crippen LogP contribution in [0.2, 0.25) is 0 Å². The molecule has 4 heterocycles. The van der Waals surface area contributed by atoms with Gasteiger partial charge < -0.3 is 24.6 Å². The third-order valence-electron chi connectivity index (χ3n) is 7.61. The number of halogens is 1. The lowest BCUT2D eigenvalue weighted by Gasteiger charge is -2.26. The second-order valence-corrected chi connectivity index (χ2v) is 11.2. The zero-order valence-electron chi connectivity index (χ0n) is 21.3. The summed E-state index contributed by atoms with van der Waals surface area (Å²) < 4.78 is 22.3. The number of hydrogen-bond acceptors (Lipinski definition) is 7. The summed E-state index contributed by atoms with van der Waals surface area (Å²) in [7, 11) is 0. The SMILES string of the molecule is O=C1CSc2ccc(N3C[C@H](CCN(CCCO)CC4Cn5c(=O)ccc6ccc(F)c4c65)OC3=O)cc2N1. The summed E-state index contributed by atoms with van der Waals surface area (Å²) in [5, 5.41) is 13.2. The highest BCUT2D eigenvalue weighted by Crippen LogP contribution is 2.37. The molecule has 11 heteroatoms. The first kappa shape index (κ1) is 25.8. The molecule has 3 aromatic rings. The molecule has 2 amide bonds. The van der Waals surface area contributed by atoms with Gasteiger partial charge in [-0.25, -0.2) is 9.18 Å². The number of nitrogens with zero attached hydrogens (tertiary/aromatic N) is 3. The van der Waals surface area contributed by atoms with Crippen LogP contribution in [-0.4, -0.2) is 71.2 Å². The van der Waals surface area contributed by atoms with Crippen LogP contribution in [-0.2, 0) is 16.1 Å². The molecule has 0 aliphatic carbocycles. The number of hydrogen-bond donors (Lipinski definition) is 2. The molecule has 39 heavy (non-hydrogen) atoms. The van der Waals surface area contributed by atoms with Gasteiger partial charge >= 0.3 is 6.09 Å². The molecule has 2 atom stereocenters. The van der Waals surface area contributed by atoms with Crippen molar-refractivity contribution in [2.45, 2.75) is 36.3 Å². The predicted octanol–water partition coefficient (Wildman–Crippen LogP) is 3.38. The Balaban J connectivity index is 1.14. The molecule has 1 saturated heterocycles. The van der Waals surface area contributed by atoms with Gasteiger partial charge in [-0.2, -0.15) is 0 Å². The number of carbonyl (C=O) groups is 2. The number of ether oxygens (including phenoxy) is 1. The van der Waals surface area contributed by atoms with E-state index in [0.717, 1.165) is 10.3 Å². The van der Waals surface area contributed by atoms with Crippen LogP contribution >= 0.6 is 11.8 Å². The maximum Gasteiger partial charge on any atom is 0.414 e. The summed E-state index contributed by atoms with van der Waals surface area (Å²) in [5.74, 6) is -0.209. The minimum absolute atomic E-state index is 0.0319. The Morgan fingerprint density at radius 3 is 2.79 bits per heavy atom. The molecule has 3 aliphatic heterocycles. The maximum atomic E-state index is 15.0. The lowest BCUT2D eigenvalue weighted by molar-refractivity contribution is -0.113. The van der Waals surface area contributed by atoms with Crippen LogP contribution in [0, 0.1) is 5.82 Å². The topological polar surface area (TPSA) is 104 Å². The number of benzene rings is 2. The summed E-state index contributed by atoms with van der Waals surface area (Å²) in [6.07, 6.45) is 0.355. The highest BCUT2D eigenvalue weighted by molar-refractivity contribution is 8.00. The van der Waals surface area contributed by atoms with Gasteiger partial charge in [-0.05, 0) is 54.6 Å². The van der Waals surface area contributed by atoms with E-state index in [0.29, 0.717) is 73.8 Å². The van der Waals surface area contributed by atoms with Gasteiger partial charge in [-0.1, -0.05) is 0 Å². The molecule has 2 aromatic carbocycles. The van der Waals surface area contributed by atoms with E-state index in [1.807, 2.05) is 12.1 Å². The van der Waals surface area contributed by atoms with Crippen molar-refractivity contribution in [3.05, 3.63) is 64.2 Å². The van der Waals surface area contributed by atoms with Crippen LogP contribution in [0.5, 0.6) is 0 Å². The van der Waals surface area contributed by atoms with Gasteiger partial charge in [0, 0.05) is 60.9 Å². The van der Waals surface area contributed by atoms with E-state index in [9.17, 15) is 23.9 Å². The number of fused-ring (bicyclic) bond motifs is 1. The Hall–Kier alpha value is -3.41. The van der Waals surface area contributed by atoms with Crippen molar-refractivity contribution in [3.8, 4) is 0 Å². The molecule has 0 radical (unpaired) electrons. The molecular formula is C28H29FN4O5S. The number of aliphatic hydroxyl groups excluding tert-OH is 1. The fraction of sp³-hybridized carbons (Fsp3) is 0.393. The lowest BCUT2D eigenvalue weighted by Crippen LogP contribution is -2.34. The van der Waals surface area contributed by atoms with E-state index in [1.54, 1.807) is 27.7 Å². The first-order valence-corrected chi connectivity index (χ1v) is 14.1. The predicted molar refractivity (Wildman–Crippen MR) is 147 cm³/mol. The lowest BCUT2D eigenvalue weighted by atomic mass is 9.98. The third kappa shape index (κ3) is 5.02. The summed E-state index contributed by atoms with van der Waals surface area (Å²) in [6, 6.07) is 12.0. The van der Waals surface area contributed by atoms with Gasteiger partial charge in [-0.3, -0.25) is 14.5 Å². The second-order valence-electron chi connectivity index (χ2n) is 10.2. The molecule has 1 aromatic heterocycles. The normalized spacial score (nSPS) is 20.0. The fourth-order valence-corrected chi connectivity index (χ4v) is 6.56. The Kier molecular flexibility index (Phi) is 7.05. The van der Waals surface area contributed by atoms with Gasteiger partial charge in [0.15, 0.2) is 0 Å². The van der Waals surface area contributed by atoms with Crippen molar-refractivity contribution >= 4 is 46.0 Å². The zero-order chi connectivity index (χ0) is 27.1. The van der Waals surface area contributed by atoms with Crippen LogP contribution in [0.4, 0.5) is 20.6 Å². The summed E-state index contributed by atoms with van der Waals surface area (Å²) in [4.78, 5) is 41.7. The van der Waals surface area contributed by atoms with Gasteiger partial charge in [0.1, 0.15) is 11.9 Å². The van der Waals surface area contributed by atoms with Crippen LogP contribution in [0.3, 0.4) is 0 Å². The molecule has 0 bridgehead atoms. The number of anilines is 2. The van der Waals surface area contributed by atoms with E-state index in [1.165, 1.54) is 23.9 Å². The van der Waals surface area contributed by atoms with Crippen LogP contribution < -0.4 is 15.8 Å². The first-order valence-electron chi connectivity index (χ1n) is 13.1. The molecule has 204 valence electrons. The molecule has 3 aliphatic rings. The highest BCUT2D eigenvalue weighted by Gasteiger charge is 2.34. The van der Waals surface area contributed by atoms with Crippen molar-refractivity contribution < 1.29 is 23.8 Å². The van der Waals surface area contributed by atoms with Gasteiger partial charge in [0.05, 0.1) is 23.5 Å². The average Bonchev–Trinajstić information content (AvgIpc) is 3.50. The Labute approximate surface area is 228 Å². The molecule has 9 nitrogen and oxygen atoms in total. The molecular weight excluding hydrogens is 523 g/mol. The molecule has 0 saturated carbocycles. The number of rotatable bonds is 9. The van der Waals surface area contributed by atoms with Crippen LogP contribution in [0.1, 0.15) is 24.3 Å². The Morgan fingerprint density at radius 1 is 1.10 bits per heavy atom. The summed E-state index contributed by atoms with van der Waals surface area (Å²) in [6.45, 7) is 2.52. The zero-order valence-corrected chi connectivity index (χ0v) is 22.1. The average molecular weight is 553 g/mol. The standard InChI is InChI=1S/C28H29FN4O5S/c29-21-5-2-17-3-7-25(36)33-14-18(26(21)27(17)33)13-31(9-1-11-34)10-8-20-15-32(28(37)38-20)19-4-6-23-22(12-19)30-24(35)16-39-23/h2-7,12,18,20,34H,1,8-11,13-16H2,(H,30,35)/t18?,20-/m0/s1. The monoisotopic (exact) mass is 552 g/mol. The van der Waals surface area contributed by atoms with Gasteiger partial charge in [0.2, 0.25) is 5.91 Å². The van der Waals surface area contributed by atoms with Crippen molar-refractivity contribution in [1.82, 2.24) is 9.47 Å². The minimum Gasteiger partial charge on any atom is -0.444 e. The number of amides is 2. The molecule has 1 unspecified atom stereocenters. The van der Waals surface area contributed by atoms with Crippen molar-refractivity contribution in [1.29, 1.82) is 0 Å². The number of cyclic esters (lactones) is 1. The number of thioether (sulfide) groups is 1. The summed E-state index contributed by atoms with van der Waals surface area (Å²) >= 11 is 1.46. The minimum atomic E-state index is -0.434. The first-order chi connectivity index (χ1) is 18.9. The second kappa shape index (κ2) is 10.6. The van der Waals surface area contributed by atoms with Crippen molar-refractivity contribution in [3.63, 3.8) is 0 Å². The number of aromatic nitrogens is 1.